The largest absolute Gasteiger partial charge is 0.480 e. The Labute approximate surface area is 107 Å². The summed E-state index contributed by atoms with van der Waals surface area (Å²) in [6, 6.07) is 0.651. The van der Waals surface area contributed by atoms with Crippen LogP contribution in [0.15, 0.2) is 16.7 Å². The Kier molecular flexibility index (Phi) is 3.63. The van der Waals surface area contributed by atoms with Crippen molar-refractivity contribution in [1.29, 1.82) is 0 Å². The zero-order valence-electron chi connectivity index (χ0n) is 8.76. The monoisotopic (exact) mass is 275 g/mol. The van der Waals surface area contributed by atoms with Crippen molar-refractivity contribution in [2.45, 2.75) is 6.04 Å². The SMILES string of the molecule is O=C(O)C1CSCCN1C(=O)c1ccoc1Cl. The van der Waals surface area contributed by atoms with Crippen LogP contribution in [-0.2, 0) is 4.79 Å². The van der Waals surface area contributed by atoms with E-state index < -0.39 is 17.9 Å². The van der Waals surface area contributed by atoms with E-state index in [2.05, 4.69) is 0 Å². The van der Waals surface area contributed by atoms with E-state index in [1.165, 1.54) is 29.0 Å². The van der Waals surface area contributed by atoms with Gasteiger partial charge in [0.2, 0.25) is 5.22 Å². The van der Waals surface area contributed by atoms with Crippen LogP contribution in [0.3, 0.4) is 0 Å². The number of nitrogens with zero attached hydrogens (tertiary/aromatic N) is 1. The number of thioether (sulfide) groups is 1. The molecule has 1 fully saturated rings. The first-order valence-electron chi connectivity index (χ1n) is 4.95. The number of amides is 1. The van der Waals surface area contributed by atoms with Gasteiger partial charge in [0.1, 0.15) is 6.04 Å². The summed E-state index contributed by atoms with van der Waals surface area (Å²) in [5.74, 6) is -0.261. The van der Waals surface area contributed by atoms with Crippen LogP contribution >= 0.6 is 23.4 Å². The highest BCUT2D eigenvalue weighted by Crippen LogP contribution is 2.23. The van der Waals surface area contributed by atoms with Gasteiger partial charge in [0.05, 0.1) is 11.8 Å². The van der Waals surface area contributed by atoms with Gasteiger partial charge >= 0.3 is 5.97 Å². The van der Waals surface area contributed by atoms with Crippen molar-refractivity contribution in [1.82, 2.24) is 4.90 Å². The molecule has 1 aliphatic rings. The second kappa shape index (κ2) is 5.01. The predicted molar refractivity (Wildman–Crippen MR) is 63.5 cm³/mol. The number of carboxylic acid groups (broad SMARTS) is 1. The molecule has 0 aromatic carbocycles. The van der Waals surface area contributed by atoms with Gasteiger partial charge in [-0.05, 0) is 17.7 Å². The second-order valence-corrected chi connectivity index (χ2v) is 5.03. The zero-order chi connectivity index (χ0) is 12.4. The highest BCUT2D eigenvalue weighted by molar-refractivity contribution is 7.99. The number of halogens is 1. The highest BCUT2D eigenvalue weighted by Gasteiger charge is 2.34. The third-order valence-electron chi connectivity index (χ3n) is 2.52. The Morgan fingerprint density at radius 3 is 2.94 bits per heavy atom. The lowest BCUT2D eigenvalue weighted by Crippen LogP contribution is -2.50. The molecule has 1 aromatic rings. The Bertz CT molecular complexity index is 447. The summed E-state index contributed by atoms with van der Waals surface area (Å²) < 4.78 is 4.84. The van der Waals surface area contributed by atoms with E-state index in [4.69, 9.17) is 21.1 Å². The van der Waals surface area contributed by atoms with Crippen LogP contribution in [0, 0.1) is 0 Å². The first kappa shape index (κ1) is 12.3. The van der Waals surface area contributed by atoms with Crippen LogP contribution in [0.25, 0.3) is 0 Å². The Hall–Kier alpha value is -1.14. The van der Waals surface area contributed by atoms with Crippen LogP contribution in [0.1, 0.15) is 10.4 Å². The van der Waals surface area contributed by atoms with Crippen LogP contribution in [0.4, 0.5) is 0 Å². The summed E-state index contributed by atoms with van der Waals surface area (Å²) in [5.41, 5.74) is 0.213. The van der Waals surface area contributed by atoms with E-state index in [0.717, 1.165) is 5.75 Å². The summed E-state index contributed by atoms with van der Waals surface area (Å²) in [7, 11) is 0. The quantitative estimate of drug-likeness (QED) is 0.887. The first-order valence-corrected chi connectivity index (χ1v) is 6.49. The summed E-state index contributed by atoms with van der Waals surface area (Å²) in [5, 5.41) is 9.06. The molecule has 0 saturated carbocycles. The van der Waals surface area contributed by atoms with Gasteiger partial charge in [-0.1, -0.05) is 0 Å². The average molecular weight is 276 g/mol. The minimum Gasteiger partial charge on any atom is -0.480 e. The molecule has 92 valence electrons. The van der Waals surface area contributed by atoms with Crippen molar-refractivity contribution in [2.24, 2.45) is 0 Å². The molecule has 1 aromatic heterocycles. The maximum absolute atomic E-state index is 12.1. The molecule has 5 nitrogen and oxygen atoms in total. The van der Waals surface area contributed by atoms with E-state index in [1.807, 2.05) is 0 Å². The Morgan fingerprint density at radius 2 is 2.35 bits per heavy atom. The van der Waals surface area contributed by atoms with Gasteiger partial charge in [-0.3, -0.25) is 4.79 Å². The van der Waals surface area contributed by atoms with E-state index in [-0.39, 0.29) is 10.8 Å². The van der Waals surface area contributed by atoms with Gasteiger partial charge in [-0.15, -0.1) is 0 Å². The van der Waals surface area contributed by atoms with Crippen molar-refractivity contribution >= 4 is 35.2 Å². The predicted octanol–water partition coefficient (Wildman–Crippen LogP) is 1.58. The smallest absolute Gasteiger partial charge is 0.327 e. The number of hydrogen-bond donors (Lipinski definition) is 1. The van der Waals surface area contributed by atoms with Gasteiger partial charge in [0.15, 0.2) is 0 Å². The molecule has 7 heteroatoms. The molecule has 1 atom stereocenters. The number of carbonyl (C=O) groups is 2. The molecule has 0 radical (unpaired) electrons. The normalized spacial score (nSPS) is 20.3. The van der Waals surface area contributed by atoms with Gasteiger partial charge in [0, 0.05) is 18.1 Å². The third kappa shape index (κ3) is 2.42. The lowest BCUT2D eigenvalue weighted by atomic mass is 10.2. The van der Waals surface area contributed by atoms with Crippen LogP contribution in [0.2, 0.25) is 5.22 Å². The number of carboxylic acids is 1. The number of aliphatic carboxylic acids is 1. The molecule has 0 bridgehead atoms. The minimum atomic E-state index is -0.995. The number of hydrogen-bond acceptors (Lipinski definition) is 4. The molecular weight excluding hydrogens is 266 g/mol. The Morgan fingerprint density at radius 1 is 1.59 bits per heavy atom. The molecule has 1 saturated heterocycles. The maximum atomic E-state index is 12.1. The molecule has 1 unspecified atom stereocenters. The fourth-order valence-corrected chi connectivity index (χ4v) is 2.89. The van der Waals surface area contributed by atoms with Crippen molar-refractivity contribution in [3.8, 4) is 0 Å². The van der Waals surface area contributed by atoms with Crippen molar-refractivity contribution < 1.29 is 19.1 Å². The first-order chi connectivity index (χ1) is 8.11. The van der Waals surface area contributed by atoms with E-state index in [9.17, 15) is 9.59 Å². The lowest BCUT2D eigenvalue weighted by Gasteiger charge is -2.32. The molecule has 2 heterocycles. The van der Waals surface area contributed by atoms with Crippen LogP contribution < -0.4 is 0 Å². The van der Waals surface area contributed by atoms with Crippen molar-refractivity contribution in [3.63, 3.8) is 0 Å². The molecule has 1 N–H and O–H groups in total. The fraction of sp³-hybridized carbons (Fsp3) is 0.400. The number of rotatable bonds is 2. The van der Waals surface area contributed by atoms with Crippen molar-refractivity contribution in [3.05, 3.63) is 23.1 Å². The van der Waals surface area contributed by atoms with E-state index in [0.29, 0.717) is 12.3 Å². The number of carbonyl (C=O) groups excluding carboxylic acids is 1. The molecule has 17 heavy (non-hydrogen) atoms. The second-order valence-electron chi connectivity index (χ2n) is 3.54. The summed E-state index contributed by atoms with van der Waals surface area (Å²) in [6.07, 6.45) is 1.31. The van der Waals surface area contributed by atoms with E-state index >= 15 is 0 Å². The standard InChI is InChI=1S/C10H10ClNO4S/c11-8-6(1-3-16-8)9(13)12-2-4-17-5-7(12)10(14)15/h1,3,7H,2,4-5H2,(H,14,15). The van der Waals surface area contributed by atoms with Gasteiger partial charge in [-0.25, -0.2) is 4.79 Å². The molecular formula is C10H10ClNO4S. The lowest BCUT2D eigenvalue weighted by molar-refractivity contribution is -0.141. The molecule has 0 aliphatic carbocycles. The molecule has 2 rings (SSSR count). The maximum Gasteiger partial charge on any atom is 0.327 e. The van der Waals surface area contributed by atoms with Crippen LogP contribution in [0.5, 0.6) is 0 Å². The van der Waals surface area contributed by atoms with Gasteiger partial charge in [-0.2, -0.15) is 11.8 Å². The summed E-state index contributed by atoms with van der Waals surface area (Å²) >= 11 is 7.24. The fourth-order valence-electron chi connectivity index (χ4n) is 1.65. The molecule has 1 amide bonds. The highest BCUT2D eigenvalue weighted by atomic mass is 35.5. The average Bonchev–Trinajstić information content (AvgIpc) is 2.74. The van der Waals surface area contributed by atoms with Gasteiger partial charge < -0.3 is 14.4 Å². The Balaban J connectivity index is 2.23. The van der Waals surface area contributed by atoms with Crippen molar-refractivity contribution in [2.75, 3.05) is 18.1 Å². The summed E-state index contributed by atoms with van der Waals surface area (Å²) in [6.45, 7) is 0.405. The third-order valence-corrected chi connectivity index (χ3v) is 3.84. The van der Waals surface area contributed by atoms with E-state index in [1.54, 1.807) is 0 Å². The molecule has 0 spiro atoms. The topological polar surface area (TPSA) is 70.8 Å². The van der Waals surface area contributed by atoms with Crippen LogP contribution in [-0.4, -0.2) is 46.0 Å². The minimum absolute atomic E-state index is 0.00244. The van der Waals surface area contributed by atoms with Gasteiger partial charge in [0.25, 0.3) is 5.91 Å². The molecule has 1 aliphatic heterocycles. The summed E-state index contributed by atoms with van der Waals surface area (Å²) in [4.78, 5) is 24.5. The zero-order valence-corrected chi connectivity index (χ0v) is 10.3. The number of furan rings is 1.